The predicted octanol–water partition coefficient (Wildman–Crippen LogP) is 5.43. The molecule has 0 unspecified atom stereocenters. The molecule has 0 radical (unpaired) electrons. The molecule has 146 valence electrons. The van der Waals surface area contributed by atoms with Gasteiger partial charge in [0.1, 0.15) is 0 Å². The van der Waals surface area contributed by atoms with Crippen LogP contribution >= 0.6 is 0 Å². The van der Waals surface area contributed by atoms with Crippen molar-refractivity contribution in [3.8, 4) is 0 Å². The lowest BCUT2D eigenvalue weighted by Crippen LogP contribution is -2.70. The first-order valence-corrected chi connectivity index (χ1v) is 11.1. The second-order valence-electron chi connectivity index (χ2n) is 8.87. The molecule has 1 saturated heterocycles. The highest BCUT2D eigenvalue weighted by Gasteiger charge is 2.47. The highest BCUT2D eigenvalue weighted by atomic mass is 16.2. The third kappa shape index (κ3) is 5.98. The number of hydrogen-bond donors (Lipinski definition) is 1. The van der Waals surface area contributed by atoms with Crippen molar-refractivity contribution >= 4 is 5.91 Å². The number of nitrogens with zero attached hydrogens (tertiary/aromatic N) is 1. The van der Waals surface area contributed by atoms with Crippen molar-refractivity contribution in [3.63, 3.8) is 0 Å². The van der Waals surface area contributed by atoms with Gasteiger partial charge >= 0.3 is 0 Å². The van der Waals surface area contributed by atoms with E-state index in [1.54, 1.807) is 0 Å². The second kappa shape index (κ2) is 10.5. The number of nitrogens with one attached hydrogen (secondary N) is 1. The van der Waals surface area contributed by atoms with Gasteiger partial charge in [0.15, 0.2) is 0 Å². The highest BCUT2D eigenvalue weighted by molar-refractivity contribution is 5.86. The fourth-order valence-electron chi connectivity index (χ4n) is 4.76. The van der Waals surface area contributed by atoms with Crippen LogP contribution in [0.1, 0.15) is 111 Å². The summed E-state index contributed by atoms with van der Waals surface area (Å²) in [6, 6.07) is 0.970. The minimum Gasteiger partial charge on any atom is -0.350 e. The summed E-state index contributed by atoms with van der Waals surface area (Å²) in [5.74, 6) is 0.239. The van der Waals surface area contributed by atoms with Gasteiger partial charge in [-0.2, -0.15) is 0 Å². The lowest BCUT2D eigenvalue weighted by atomic mass is 9.82. The molecule has 3 nitrogen and oxygen atoms in total. The number of amides is 1. The van der Waals surface area contributed by atoms with Crippen LogP contribution in [0.2, 0.25) is 0 Å². The molecule has 2 fully saturated rings. The summed E-state index contributed by atoms with van der Waals surface area (Å²) in [7, 11) is 0. The van der Waals surface area contributed by atoms with Crippen LogP contribution in [0.15, 0.2) is 0 Å². The molecule has 2 rings (SSSR count). The molecule has 3 heteroatoms. The fraction of sp³-hybridized carbons (Fsp3) is 0.955. The maximum absolute atomic E-state index is 12.5. The van der Waals surface area contributed by atoms with E-state index in [1.807, 2.05) is 0 Å². The third-order valence-corrected chi connectivity index (χ3v) is 6.47. The maximum Gasteiger partial charge on any atom is 0.240 e. The molecule has 1 amide bonds. The van der Waals surface area contributed by atoms with E-state index in [0.717, 1.165) is 6.54 Å². The minimum absolute atomic E-state index is 0.239. The number of hydrogen-bond acceptors (Lipinski definition) is 2. The quantitative estimate of drug-likeness (QED) is 0.504. The number of piperazine rings is 1. The predicted molar refractivity (Wildman–Crippen MR) is 107 cm³/mol. The van der Waals surface area contributed by atoms with Crippen molar-refractivity contribution in [2.75, 3.05) is 6.54 Å². The van der Waals surface area contributed by atoms with Gasteiger partial charge in [-0.1, -0.05) is 77.6 Å². The molecule has 1 N–H and O–H groups in total. The largest absolute Gasteiger partial charge is 0.350 e. The molecular weight excluding hydrogens is 308 g/mol. The van der Waals surface area contributed by atoms with Crippen LogP contribution in [0.5, 0.6) is 0 Å². The molecule has 0 aromatic rings. The van der Waals surface area contributed by atoms with Crippen LogP contribution < -0.4 is 5.32 Å². The van der Waals surface area contributed by atoms with E-state index in [-0.39, 0.29) is 11.4 Å². The van der Waals surface area contributed by atoms with Gasteiger partial charge in [-0.05, 0) is 39.7 Å². The number of unbranched alkanes of at least 4 members (excludes halogenated alkanes) is 9. The second-order valence-corrected chi connectivity index (χ2v) is 8.87. The normalized spacial score (nSPS) is 26.3. The number of carbonyl (C=O) groups excluding carboxylic acids is 1. The zero-order valence-electron chi connectivity index (χ0n) is 17.1. The summed E-state index contributed by atoms with van der Waals surface area (Å²) < 4.78 is 0. The van der Waals surface area contributed by atoms with E-state index in [9.17, 15) is 4.79 Å². The van der Waals surface area contributed by atoms with Crippen LogP contribution in [-0.2, 0) is 4.79 Å². The Balaban J connectivity index is 1.65. The average molecular weight is 351 g/mol. The first-order chi connectivity index (χ1) is 12.1. The van der Waals surface area contributed by atoms with Gasteiger partial charge in [0.05, 0.1) is 5.54 Å². The molecular formula is C22H42N2O. The lowest BCUT2D eigenvalue weighted by Gasteiger charge is -2.52. The smallest absolute Gasteiger partial charge is 0.240 e. The van der Waals surface area contributed by atoms with Crippen molar-refractivity contribution in [3.05, 3.63) is 0 Å². The highest BCUT2D eigenvalue weighted by Crippen LogP contribution is 2.33. The van der Waals surface area contributed by atoms with Crippen molar-refractivity contribution in [1.82, 2.24) is 10.2 Å². The van der Waals surface area contributed by atoms with E-state index in [0.29, 0.717) is 12.1 Å². The topological polar surface area (TPSA) is 32.3 Å². The molecule has 1 saturated carbocycles. The van der Waals surface area contributed by atoms with Gasteiger partial charge in [0.25, 0.3) is 0 Å². The Bertz CT molecular complexity index is 393. The zero-order chi connectivity index (χ0) is 18.1. The molecule has 0 aromatic carbocycles. The molecule has 1 aliphatic heterocycles. The van der Waals surface area contributed by atoms with Crippen LogP contribution in [0.3, 0.4) is 0 Å². The summed E-state index contributed by atoms with van der Waals surface area (Å²) in [6.07, 6.45) is 18.8. The van der Waals surface area contributed by atoms with Gasteiger partial charge in [0, 0.05) is 12.1 Å². The Kier molecular flexibility index (Phi) is 8.75. The molecule has 0 aromatic heterocycles. The minimum atomic E-state index is -0.336. The molecule has 0 spiro atoms. The molecule has 25 heavy (non-hydrogen) atoms. The van der Waals surface area contributed by atoms with Crippen LogP contribution in [0.4, 0.5) is 0 Å². The van der Waals surface area contributed by atoms with Crippen LogP contribution in [-0.4, -0.2) is 35.0 Å². The first-order valence-electron chi connectivity index (χ1n) is 11.1. The Labute approximate surface area is 156 Å². The summed E-state index contributed by atoms with van der Waals surface area (Å²) in [5, 5.41) is 3.30. The van der Waals surface area contributed by atoms with Gasteiger partial charge in [-0.3, -0.25) is 9.69 Å². The van der Waals surface area contributed by atoms with E-state index < -0.39 is 0 Å². The molecule has 0 bridgehead atoms. The van der Waals surface area contributed by atoms with Crippen LogP contribution in [0, 0.1) is 0 Å². The zero-order valence-corrected chi connectivity index (χ0v) is 17.1. The standard InChI is InChI=1S/C22H42N2O/c1-4-5-6-7-8-9-10-11-12-15-18-24-20-17-14-13-16-19(20)23-21(25)22(24,2)3/h19-20H,4-18H2,1-3H3,(H,23,25)/t19-,20-/m1/s1. The Hall–Kier alpha value is -0.570. The van der Waals surface area contributed by atoms with Crippen molar-refractivity contribution in [2.45, 2.75) is 128 Å². The summed E-state index contributed by atoms with van der Waals surface area (Å²) in [4.78, 5) is 15.1. The Morgan fingerprint density at radius 1 is 0.920 bits per heavy atom. The lowest BCUT2D eigenvalue weighted by molar-refractivity contribution is -0.142. The number of carbonyl (C=O) groups is 1. The number of fused-ring (bicyclic) bond motifs is 1. The summed E-state index contributed by atoms with van der Waals surface area (Å²) >= 11 is 0. The van der Waals surface area contributed by atoms with Gasteiger partial charge in [-0.25, -0.2) is 0 Å². The van der Waals surface area contributed by atoms with E-state index in [4.69, 9.17) is 0 Å². The summed E-state index contributed by atoms with van der Waals surface area (Å²) in [6.45, 7) is 7.60. The molecule has 2 atom stereocenters. The summed E-state index contributed by atoms with van der Waals surface area (Å²) in [5.41, 5.74) is -0.336. The Morgan fingerprint density at radius 3 is 2.12 bits per heavy atom. The van der Waals surface area contributed by atoms with E-state index in [1.165, 1.54) is 89.9 Å². The Morgan fingerprint density at radius 2 is 1.48 bits per heavy atom. The first kappa shape index (κ1) is 20.7. The van der Waals surface area contributed by atoms with Crippen molar-refractivity contribution < 1.29 is 4.79 Å². The van der Waals surface area contributed by atoms with E-state index in [2.05, 4.69) is 31.0 Å². The SMILES string of the molecule is CCCCCCCCCCCCN1[C@@H]2CCCC[C@H]2NC(=O)C1(C)C. The van der Waals surface area contributed by atoms with Gasteiger partial charge < -0.3 is 5.32 Å². The average Bonchev–Trinajstić information content (AvgIpc) is 2.59. The maximum atomic E-state index is 12.5. The van der Waals surface area contributed by atoms with Crippen molar-refractivity contribution in [2.24, 2.45) is 0 Å². The fourth-order valence-corrected chi connectivity index (χ4v) is 4.76. The monoisotopic (exact) mass is 350 g/mol. The van der Waals surface area contributed by atoms with Crippen LogP contribution in [0.25, 0.3) is 0 Å². The molecule has 1 aliphatic carbocycles. The molecule has 2 aliphatic rings. The van der Waals surface area contributed by atoms with Crippen molar-refractivity contribution in [1.29, 1.82) is 0 Å². The third-order valence-electron chi connectivity index (χ3n) is 6.47. The molecule has 1 heterocycles. The van der Waals surface area contributed by atoms with E-state index >= 15 is 0 Å². The number of rotatable bonds is 11. The van der Waals surface area contributed by atoms with Gasteiger partial charge in [-0.15, -0.1) is 0 Å². The van der Waals surface area contributed by atoms with Gasteiger partial charge in [0.2, 0.25) is 5.91 Å².